The van der Waals surface area contributed by atoms with Crippen molar-refractivity contribution >= 4 is 34.3 Å². The van der Waals surface area contributed by atoms with Gasteiger partial charge in [0, 0.05) is 52.1 Å². The standard InChI is InChI=1S/C34H33FN4O2S/c1-42-28-17-23(21-6-9-27(10-7-21)39-14-12-26(36)13-15-39)16-24(18-28)34(41)38-33(29-20-25(35)8-11-32(29)40)31-19-22-4-2-3-5-30(22)37-31/h2-11,16-20,26,33,37,40H,12-15,36H2,1H3,(H,38,41). The van der Waals surface area contributed by atoms with Crippen molar-refractivity contribution in [1.29, 1.82) is 0 Å². The number of hydrogen-bond acceptors (Lipinski definition) is 5. The second-order valence-corrected chi connectivity index (χ2v) is 11.6. The number of para-hydroxylation sites is 1. The summed E-state index contributed by atoms with van der Waals surface area (Å²) >= 11 is 1.56. The number of aromatic nitrogens is 1. The monoisotopic (exact) mass is 580 g/mol. The van der Waals surface area contributed by atoms with Crippen LogP contribution in [0.2, 0.25) is 0 Å². The van der Waals surface area contributed by atoms with E-state index < -0.39 is 11.9 Å². The molecule has 5 aromatic rings. The molecule has 8 heteroatoms. The van der Waals surface area contributed by atoms with Crippen LogP contribution in [-0.4, -0.2) is 41.4 Å². The van der Waals surface area contributed by atoms with Gasteiger partial charge in [0.05, 0.1) is 6.04 Å². The van der Waals surface area contributed by atoms with Gasteiger partial charge >= 0.3 is 0 Å². The smallest absolute Gasteiger partial charge is 0.252 e. The average molecular weight is 581 g/mol. The number of nitrogens with zero attached hydrogens (tertiary/aromatic N) is 1. The number of phenols is 1. The Morgan fingerprint density at radius 2 is 1.76 bits per heavy atom. The Morgan fingerprint density at radius 3 is 2.50 bits per heavy atom. The van der Waals surface area contributed by atoms with Gasteiger partial charge in [0.1, 0.15) is 11.6 Å². The highest BCUT2D eigenvalue weighted by Gasteiger charge is 2.24. The van der Waals surface area contributed by atoms with Crippen LogP contribution < -0.4 is 16.0 Å². The van der Waals surface area contributed by atoms with Crippen LogP contribution in [0.15, 0.2) is 95.9 Å². The minimum Gasteiger partial charge on any atom is -0.508 e. The van der Waals surface area contributed by atoms with E-state index in [2.05, 4.69) is 45.5 Å². The molecule has 214 valence electrons. The predicted molar refractivity (Wildman–Crippen MR) is 169 cm³/mol. The van der Waals surface area contributed by atoms with Crippen molar-refractivity contribution in [2.75, 3.05) is 24.2 Å². The fraction of sp³-hybridized carbons (Fsp3) is 0.206. The molecule has 0 saturated carbocycles. The Morgan fingerprint density at radius 1 is 1.00 bits per heavy atom. The number of phenolic OH excluding ortho intramolecular Hbond substituents is 1. The van der Waals surface area contributed by atoms with E-state index in [1.54, 1.807) is 11.8 Å². The van der Waals surface area contributed by atoms with Crippen LogP contribution in [-0.2, 0) is 0 Å². The molecule has 1 aliphatic heterocycles. The van der Waals surface area contributed by atoms with Crippen molar-refractivity contribution in [3.05, 3.63) is 114 Å². The van der Waals surface area contributed by atoms with Gasteiger partial charge in [0.15, 0.2) is 0 Å². The van der Waals surface area contributed by atoms with Crippen LogP contribution in [0.25, 0.3) is 22.0 Å². The highest BCUT2D eigenvalue weighted by Crippen LogP contribution is 2.33. The zero-order valence-electron chi connectivity index (χ0n) is 23.3. The van der Waals surface area contributed by atoms with Crippen LogP contribution >= 0.6 is 11.8 Å². The third-order valence-corrected chi connectivity index (χ3v) is 8.65. The topological polar surface area (TPSA) is 94.4 Å². The maximum absolute atomic E-state index is 14.3. The Kier molecular flexibility index (Phi) is 7.91. The molecule has 1 amide bonds. The summed E-state index contributed by atoms with van der Waals surface area (Å²) in [6, 6.07) is 27.1. The third kappa shape index (κ3) is 5.86. The van der Waals surface area contributed by atoms with Gasteiger partial charge in [0.25, 0.3) is 5.91 Å². The Hall–Kier alpha value is -4.27. The zero-order chi connectivity index (χ0) is 29.2. The molecule has 1 atom stereocenters. The van der Waals surface area contributed by atoms with Crippen molar-refractivity contribution in [2.24, 2.45) is 5.73 Å². The Labute approximate surface area is 248 Å². The summed E-state index contributed by atoms with van der Waals surface area (Å²) in [4.78, 5) is 20.5. The molecule has 0 bridgehead atoms. The van der Waals surface area contributed by atoms with Gasteiger partial charge in [-0.3, -0.25) is 4.79 Å². The summed E-state index contributed by atoms with van der Waals surface area (Å²) in [5.74, 6) is -0.934. The average Bonchev–Trinajstić information content (AvgIpc) is 3.45. The molecule has 6 rings (SSSR count). The third-order valence-electron chi connectivity index (χ3n) is 7.95. The van der Waals surface area contributed by atoms with Gasteiger partial charge in [-0.1, -0.05) is 30.3 Å². The number of carbonyl (C=O) groups is 1. The summed E-state index contributed by atoms with van der Waals surface area (Å²) in [6.07, 6.45) is 3.95. The summed E-state index contributed by atoms with van der Waals surface area (Å²) in [5.41, 5.74) is 11.4. The Balaban J connectivity index is 1.32. The molecule has 42 heavy (non-hydrogen) atoms. The second kappa shape index (κ2) is 11.9. The number of piperidine rings is 1. The lowest BCUT2D eigenvalue weighted by molar-refractivity contribution is 0.0942. The SMILES string of the molecule is CSc1cc(C(=O)NC(c2cc3ccccc3[nH]2)c2cc(F)ccc2O)cc(-c2ccc(N3CCC(N)CC3)cc2)c1. The highest BCUT2D eigenvalue weighted by molar-refractivity contribution is 7.98. The van der Waals surface area contributed by atoms with Crippen LogP contribution in [0.4, 0.5) is 10.1 Å². The summed E-state index contributed by atoms with van der Waals surface area (Å²) in [6.45, 7) is 1.90. The fourth-order valence-electron chi connectivity index (χ4n) is 5.58. The number of fused-ring (bicyclic) bond motifs is 1. The largest absolute Gasteiger partial charge is 0.508 e. The van der Waals surface area contributed by atoms with Crippen LogP contribution in [0.5, 0.6) is 5.75 Å². The lowest BCUT2D eigenvalue weighted by Crippen LogP contribution is -2.39. The molecule has 1 aromatic heterocycles. The quantitative estimate of drug-likeness (QED) is 0.158. The molecular formula is C34H33FN4O2S. The number of H-pyrrole nitrogens is 1. The number of carbonyl (C=O) groups excluding carboxylic acids is 1. The van der Waals surface area contributed by atoms with Crippen molar-refractivity contribution in [3.8, 4) is 16.9 Å². The van der Waals surface area contributed by atoms with Gasteiger partial charge in [-0.2, -0.15) is 0 Å². The lowest BCUT2D eigenvalue weighted by atomic mass is 9.99. The molecule has 1 aliphatic rings. The first kappa shape index (κ1) is 27.9. The van der Waals surface area contributed by atoms with E-state index >= 15 is 0 Å². The van der Waals surface area contributed by atoms with E-state index in [4.69, 9.17) is 5.73 Å². The number of aromatic amines is 1. The normalized spacial score (nSPS) is 14.7. The van der Waals surface area contributed by atoms with E-state index in [1.807, 2.05) is 48.7 Å². The lowest BCUT2D eigenvalue weighted by Gasteiger charge is -2.32. The van der Waals surface area contributed by atoms with Crippen molar-refractivity contribution < 1.29 is 14.3 Å². The van der Waals surface area contributed by atoms with Crippen LogP contribution in [0.1, 0.15) is 40.5 Å². The number of halogens is 1. The molecular weight excluding hydrogens is 547 g/mol. The molecule has 1 fully saturated rings. The number of anilines is 1. The maximum atomic E-state index is 14.3. The van der Waals surface area contributed by atoms with Gasteiger partial charge in [-0.05, 0) is 96.3 Å². The van der Waals surface area contributed by atoms with Crippen molar-refractivity contribution in [2.45, 2.75) is 29.8 Å². The number of benzene rings is 4. The van der Waals surface area contributed by atoms with E-state index in [0.29, 0.717) is 11.3 Å². The first-order chi connectivity index (χ1) is 20.4. The maximum Gasteiger partial charge on any atom is 0.252 e. The van der Waals surface area contributed by atoms with E-state index in [-0.39, 0.29) is 23.3 Å². The summed E-state index contributed by atoms with van der Waals surface area (Å²) < 4.78 is 14.3. The fourth-order valence-corrected chi connectivity index (χ4v) is 6.07. The molecule has 0 radical (unpaired) electrons. The van der Waals surface area contributed by atoms with Gasteiger partial charge in [-0.15, -0.1) is 11.8 Å². The van der Waals surface area contributed by atoms with Gasteiger partial charge in [0.2, 0.25) is 0 Å². The second-order valence-electron chi connectivity index (χ2n) is 10.7. The van der Waals surface area contributed by atoms with E-state index in [1.165, 1.54) is 23.9 Å². The van der Waals surface area contributed by atoms with Crippen LogP contribution in [0.3, 0.4) is 0 Å². The molecule has 1 unspecified atom stereocenters. The molecule has 6 nitrogen and oxygen atoms in total. The van der Waals surface area contributed by atoms with Crippen molar-refractivity contribution in [1.82, 2.24) is 10.3 Å². The molecule has 0 spiro atoms. The van der Waals surface area contributed by atoms with Crippen LogP contribution in [0, 0.1) is 5.82 Å². The van der Waals surface area contributed by atoms with E-state index in [0.717, 1.165) is 52.9 Å². The molecule has 1 saturated heterocycles. The summed E-state index contributed by atoms with van der Waals surface area (Å²) in [7, 11) is 0. The molecule has 0 aliphatic carbocycles. The summed E-state index contributed by atoms with van der Waals surface area (Å²) in [5, 5.41) is 14.7. The van der Waals surface area contributed by atoms with Gasteiger partial charge < -0.3 is 26.0 Å². The molecule has 2 heterocycles. The Bertz CT molecular complexity index is 1690. The van der Waals surface area contributed by atoms with Crippen molar-refractivity contribution in [3.63, 3.8) is 0 Å². The minimum absolute atomic E-state index is 0.102. The predicted octanol–water partition coefficient (Wildman–Crippen LogP) is 6.85. The number of aromatic hydroxyl groups is 1. The molecule has 4 aromatic carbocycles. The number of hydrogen-bond donors (Lipinski definition) is 4. The molecule has 5 N–H and O–H groups in total. The first-order valence-corrected chi connectivity index (χ1v) is 15.3. The number of thioether (sulfide) groups is 1. The first-order valence-electron chi connectivity index (χ1n) is 14.0. The minimum atomic E-state index is -0.807. The number of nitrogens with two attached hydrogens (primary N) is 1. The number of rotatable bonds is 7. The highest BCUT2D eigenvalue weighted by atomic mass is 32.2. The van der Waals surface area contributed by atoms with Gasteiger partial charge in [-0.25, -0.2) is 4.39 Å². The number of nitrogens with one attached hydrogen (secondary N) is 2. The number of amides is 1. The zero-order valence-corrected chi connectivity index (χ0v) is 24.1. The van der Waals surface area contributed by atoms with E-state index in [9.17, 15) is 14.3 Å².